The summed E-state index contributed by atoms with van der Waals surface area (Å²) < 4.78 is 23.3. The molecule has 0 radical (unpaired) electrons. The van der Waals surface area contributed by atoms with Gasteiger partial charge in [0.05, 0.1) is 19.8 Å². The first-order chi connectivity index (χ1) is 13.7. The summed E-state index contributed by atoms with van der Waals surface area (Å²) in [7, 11) is 0. The molecular weight excluding hydrogens is 360 g/mol. The smallest absolute Gasteiger partial charge is 0.186 e. The molecule has 1 fully saturated rings. The van der Waals surface area contributed by atoms with Crippen LogP contribution in [-0.2, 0) is 32.2 Å². The van der Waals surface area contributed by atoms with Crippen molar-refractivity contribution >= 4 is 0 Å². The molecule has 6 nitrogen and oxygen atoms in total. The van der Waals surface area contributed by atoms with Crippen LogP contribution in [0.4, 0.5) is 0 Å². The lowest BCUT2D eigenvalue weighted by Crippen LogP contribution is -2.60. The summed E-state index contributed by atoms with van der Waals surface area (Å²) in [5.41, 5.74) is 1.97. The number of hydrogen-bond acceptors (Lipinski definition) is 6. The van der Waals surface area contributed by atoms with Crippen molar-refractivity contribution in [1.82, 2.24) is 0 Å². The lowest BCUT2D eigenvalue weighted by atomic mass is 9.98. The summed E-state index contributed by atoms with van der Waals surface area (Å²) in [6.45, 7) is 2.57. The predicted molar refractivity (Wildman–Crippen MR) is 103 cm³/mol. The van der Waals surface area contributed by atoms with E-state index in [9.17, 15) is 10.2 Å². The minimum absolute atomic E-state index is 0.263. The summed E-state index contributed by atoms with van der Waals surface area (Å²) >= 11 is 0. The Hall–Kier alpha value is -1.80. The lowest BCUT2D eigenvalue weighted by molar-refractivity contribution is -0.316. The molecule has 28 heavy (non-hydrogen) atoms. The quantitative estimate of drug-likeness (QED) is 0.686. The van der Waals surface area contributed by atoms with Gasteiger partial charge in [-0.25, -0.2) is 0 Å². The van der Waals surface area contributed by atoms with Crippen LogP contribution in [0.15, 0.2) is 60.7 Å². The fourth-order valence-corrected chi connectivity index (χ4v) is 3.27. The molecule has 1 aliphatic rings. The Kier molecular flexibility index (Phi) is 7.97. The molecule has 1 saturated heterocycles. The van der Waals surface area contributed by atoms with E-state index in [1.165, 1.54) is 0 Å². The Bertz CT molecular complexity index is 680. The molecule has 0 aliphatic carbocycles. The molecular formula is C22H28O6. The van der Waals surface area contributed by atoms with E-state index in [0.717, 1.165) is 11.1 Å². The summed E-state index contributed by atoms with van der Waals surface area (Å²) in [6.07, 6.45) is -3.91. The molecule has 1 heterocycles. The zero-order valence-corrected chi connectivity index (χ0v) is 16.0. The van der Waals surface area contributed by atoms with Crippen molar-refractivity contribution in [3.8, 4) is 0 Å². The fraction of sp³-hybridized carbons (Fsp3) is 0.455. The van der Waals surface area contributed by atoms with Crippen molar-refractivity contribution < 1.29 is 29.2 Å². The van der Waals surface area contributed by atoms with Crippen molar-refractivity contribution in [3.63, 3.8) is 0 Å². The average molecular weight is 388 g/mol. The standard InChI is InChI=1S/C22H28O6/c1-2-25-22-19(24)21(27-15-17-11-7-4-8-12-17)20(18(13-23)28-22)26-14-16-9-5-3-6-10-16/h3-12,18-24H,2,13-15H2,1H3/t18-,19+,20-,21-,22+/m1/s1. The second kappa shape index (κ2) is 10.7. The maximum atomic E-state index is 10.8. The van der Waals surface area contributed by atoms with Crippen LogP contribution in [0, 0.1) is 0 Å². The number of hydrogen-bond donors (Lipinski definition) is 2. The van der Waals surface area contributed by atoms with E-state index in [2.05, 4.69) is 0 Å². The van der Waals surface area contributed by atoms with Crippen LogP contribution >= 0.6 is 0 Å². The molecule has 152 valence electrons. The normalized spacial score (nSPS) is 27.6. The van der Waals surface area contributed by atoms with Crippen LogP contribution in [0.25, 0.3) is 0 Å². The van der Waals surface area contributed by atoms with E-state index in [0.29, 0.717) is 19.8 Å². The summed E-state index contributed by atoms with van der Waals surface area (Å²) in [5.74, 6) is 0. The summed E-state index contributed by atoms with van der Waals surface area (Å²) in [5, 5.41) is 20.6. The van der Waals surface area contributed by atoms with Gasteiger partial charge in [0.15, 0.2) is 6.29 Å². The van der Waals surface area contributed by atoms with E-state index >= 15 is 0 Å². The van der Waals surface area contributed by atoms with Gasteiger partial charge in [0.25, 0.3) is 0 Å². The van der Waals surface area contributed by atoms with Crippen LogP contribution < -0.4 is 0 Å². The lowest BCUT2D eigenvalue weighted by Gasteiger charge is -2.43. The van der Waals surface area contributed by atoms with Crippen LogP contribution in [0.3, 0.4) is 0 Å². The van der Waals surface area contributed by atoms with Gasteiger partial charge in [-0.15, -0.1) is 0 Å². The highest BCUT2D eigenvalue weighted by molar-refractivity contribution is 5.14. The van der Waals surface area contributed by atoms with Crippen molar-refractivity contribution in [2.75, 3.05) is 13.2 Å². The molecule has 5 atom stereocenters. The van der Waals surface area contributed by atoms with Gasteiger partial charge in [0, 0.05) is 6.61 Å². The van der Waals surface area contributed by atoms with Crippen LogP contribution in [0.1, 0.15) is 18.1 Å². The summed E-state index contributed by atoms with van der Waals surface area (Å²) in [4.78, 5) is 0. The molecule has 0 amide bonds. The van der Waals surface area contributed by atoms with Gasteiger partial charge >= 0.3 is 0 Å². The minimum Gasteiger partial charge on any atom is -0.394 e. The molecule has 0 aromatic heterocycles. The first-order valence-electron chi connectivity index (χ1n) is 9.60. The number of aliphatic hydroxyl groups is 2. The third kappa shape index (κ3) is 5.38. The Morgan fingerprint density at radius 2 is 1.36 bits per heavy atom. The third-order valence-corrected chi connectivity index (χ3v) is 4.70. The van der Waals surface area contributed by atoms with E-state index < -0.39 is 30.7 Å². The zero-order chi connectivity index (χ0) is 19.8. The molecule has 2 aromatic rings. The van der Waals surface area contributed by atoms with Crippen molar-refractivity contribution in [1.29, 1.82) is 0 Å². The third-order valence-electron chi connectivity index (χ3n) is 4.70. The first kappa shape index (κ1) is 20.9. The number of aliphatic hydroxyl groups excluding tert-OH is 2. The number of benzene rings is 2. The molecule has 0 spiro atoms. The predicted octanol–water partition coefficient (Wildman–Crippen LogP) is 2.27. The van der Waals surface area contributed by atoms with E-state index in [1.54, 1.807) is 0 Å². The Labute approximate surface area is 165 Å². The van der Waals surface area contributed by atoms with Gasteiger partial charge in [-0.2, -0.15) is 0 Å². The molecule has 2 N–H and O–H groups in total. The van der Waals surface area contributed by atoms with Gasteiger partial charge in [0.1, 0.15) is 24.4 Å². The fourth-order valence-electron chi connectivity index (χ4n) is 3.27. The molecule has 6 heteroatoms. The second-order valence-electron chi connectivity index (χ2n) is 6.69. The average Bonchev–Trinajstić information content (AvgIpc) is 2.74. The molecule has 1 aliphatic heterocycles. The van der Waals surface area contributed by atoms with Crippen LogP contribution in [-0.4, -0.2) is 54.1 Å². The van der Waals surface area contributed by atoms with E-state index in [1.807, 2.05) is 67.6 Å². The van der Waals surface area contributed by atoms with E-state index in [-0.39, 0.29) is 6.61 Å². The molecule has 0 unspecified atom stereocenters. The summed E-state index contributed by atoms with van der Waals surface area (Å²) in [6, 6.07) is 19.4. The van der Waals surface area contributed by atoms with Crippen molar-refractivity contribution in [3.05, 3.63) is 71.8 Å². The minimum atomic E-state index is -1.03. The first-order valence-corrected chi connectivity index (χ1v) is 9.60. The zero-order valence-electron chi connectivity index (χ0n) is 16.0. The van der Waals surface area contributed by atoms with Gasteiger partial charge < -0.3 is 29.2 Å². The Morgan fingerprint density at radius 3 is 1.86 bits per heavy atom. The maximum absolute atomic E-state index is 10.8. The highest BCUT2D eigenvalue weighted by Gasteiger charge is 2.47. The molecule has 0 saturated carbocycles. The number of rotatable bonds is 9. The largest absolute Gasteiger partial charge is 0.394 e. The number of ether oxygens (including phenoxy) is 4. The van der Waals surface area contributed by atoms with Gasteiger partial charge in [-0.05, 0) is 18.1 Å². The Morgan fingerprint density at radius 1 is 0.821 bits per heavy atom. The molecule has 2 aromatic carbocycles. The van der Waals surface area contributed by atoms with Crippen LogP contribution in [0.5, 0.6) is 0 Å². The van der Waals surface area contributed by atoms with Crippen LogP contribution in [0.2, 0.25) is 0 Å². The van der Waals surface area contributed by atoms with Gasteiger partial charge in [0.2, 0.25) is 0 Å². The van der Waals surface area contributed by atoms with Gasteiger partial charge in [-0.1, -0.05) is 60.7 Å². The SMILES string of the molecule is CCO[C@H]1O[C@H](CO)[C@@H](OCc2ccccc2)[C@H](OCc2ccccc2)[C@@H]1O. The van der Waals surface area contributed by atoms with Gasteiger partial charge in [-0.3, -0.25) is 0 Å². The van der Waals surface area contributed by atoms with Crippen molar-refractivity contribution in [2.45, 2.75) is 50.8 Å². The van der Waals surface area contributed by atoms with Crippen molar-refractivity contribution in [2.24, 2.45) is 0 Å². The monoisotopic (exact) mass is 388 g/mol. The Balaban J connectivity index is 1.74. The second-order valence-corrected chi connectivity index (χ2v) is 6.69. The highest BCUT2D eigenvalue weighted by atomic mass is 16.7. The molecule has 0 bridgehead atoms. The van der Waals surface area contributed by atoms with E-state index in [4.69, 9.17) is 18.9 Å². The topological polar surface area (TPSA) is 77.4 Å². The molecule has 3 rings (SSSR count). The highest BCUT2D eigenvalue weighted by Crippen LogP contribution is 2.28. The maximum Gasteiger partial charge on any atom is 0.186 e.